The highest BCUT2D eigenvalue weighted by molar-refractivity contribution is 7.28. The zero-order valence-electron chi connectivity index (χ0n) is 66.5. The monoisotopic (exact) mass is 1640 g/mol. The third-order valence-corrected chi connectivity index (χ3v) is 31.5. The van der Waals surface area contributed by atoms with Crippen LogP contribution in [0.15, 0.2) is 400 Å². The molecule has 8 aromatic heterocycles. The number of hydrogen-bond acceptors (Lipinski definition) is 4. The van der Waals surface area contributed by atoms with Gasteiger partial charge in [-0.3, -0.25) is 0 Å². The molecule has 0 saturated heterocycles. The molecule has 0 saturated carbocycles. The molecule has 0 amide bonds. The minimum atomic E-state index is 1.16. The maximum atomic E-state index is 2.56. The largest absolute Gasteiger partial charge is 0.308 e. The lowest BCUT2D eigenvalue weighted by Crippen LogP contribution is -1.97. The lowest BCUT2D eigenvalue weighted by atomic mass is 9.96. The number of thiophene rings is 4. The van der Waals surface area contributed by atoms with E-state index in [1.807, 2.05) is 45.3 Å². The summed E-state index contributed by atoms with van der Waals surface area (Å²) in [7, 11) is 0. The number of para-hydroxylation sites is 4. The molecular weight excluding hydrogens is 1580 g/mol. The summed E-state index contributed by atoms with van der Waals surface area (Å²) < 4.78 is 20.7. The molecule has 0 aliphatic heterocycles. The van der Waals surface area contributed by atoms with Crippen LogP contribution in [0, 0.1) is 0 Å². The van der Waals surface area contributed by atoms with Gasteiger partial charge in [-0.1, -0.05) is 309 Å². The van der Waals surface area contributed by atoms with Crippen LogP contribution >= 0.6 is 45.3 Å². The summed E-state index contributed by atoms with van der Waals surface area (Å²) in [5.41, 5.74) is 19.6. The van der Waals surface area contributed by atoms with Gasteiger partial charge in [0.05, 0.1) is 68.6 Å². The van der Waals surface area contributed by atoms with Crippen LogP contribution in [0.5, 0.6) is 0 Å². The second-order valence-electron chi connectivity index (χ2n) is 33.0. The Hall–Kier alpha value is -15.0. The predicted molar refractivity (Wildman–Crippen MR) is 540 cm³/mol. The van der Waals surface area contributed by atoms with Crippen molar-refractivity contribution in [2.75, 3.05) is 0 Å². The Kier molecular flexibility index (Phi) is 14.6. The topological polar surface area (TPSA) is 19.7 Å². The molecule has 0 spiro atoms. The first-order valence-electron chi connectivity index (χ1n) is 42.4. The van der Waals surface area contributed by atoms with E-state index >= 15 is 0 Å². The van der Waals surface area contributed by atoms with Gasteiger partial charge in [-0.25, -0.2) is 0 Å². The SMILES string of the molecule is c1ccc2c(c1)sc1c2c2ccccc2c2c3ccccc3n(-c3ccc(-c4ccc(-n5c6ccccc6c6c7ccccc7c7c8ccccc8sc7c65)c5ccccc45)cc3)c12.c1ccc2c(c1)sc1c2c2ccccc2c2c3ccccc3n(-c3ccc(-c4ccc(-n5c6ccccc6c6c7ccccc7c7c8ccccc8sc7c65)cc4)cc3)c12. The Bertz CT molecular complexity index is 9430. The Morgan fingerprint density at radius 2 is 0.363 bits per heavy atom. The maximum Gasteiger partial charge on any atom is 0.0726 e. The molecule has 574 valence electrons. The van der Waals surface area contributed by atoms with Gasteiger partial charge >= 0.3 is 0 Å². The molecule has 29 aromatic rings. The summed E-state index contributed by atoms with van der Waals surface area (Å²) >= 11 is 7.65. The van der Waals surface area contributed by atoms with Crippen molar-refractivity contribution in [1.82, 2.24) is 18.3 Å². The summed E-state index contributed by atoms with van der Waals surface area (Å²) in [6, 6.07) is 149. The number of aromatic nitrogens is 4. The Labute approximate surface area is 724 Å². The van der Waals surface area contributed by atoms with Crippen LogP contribution in [0.25, 0.3) is 267 Å². The molecule has 0 radical (unpaired) electrons. The average Bonchev–Trinajstić information content (AvgIpc) is 1.55. The normalized spacial score (nSPS) is 12.4. The van der Waals surface area contributed by atoms with Crippen molar-refractivity contribution in [2.24, 2.45) is 0 Å². The van der Waals surface area contributed by atoms with E-state index in [4.69, 9.17) is 0 Å². The van der Waals surface area contributed by atoms with Gasteiger partial charge < -0.3 is 18.3 Å². The second kappa shape index (κ2) is 26.3. The number of rotatable bonds is 6. The molecule has 0 atom stereocenters. The third kappa shape index (κ3) is 9.54. The molecule has 0 aliphatic rings. The molecule has 21 aromatic carbocycles. The van der Waals surface area contributed by atoms with Gasteiger partial charge in [0.25, 0.3) is 0 Å². The third-order valence-electron chi connectivity index (χ3n) is 26.8. The van der Waals surface area contributed by atoms with Crippen molar-refractivity contribution < 1.29 is 0 Å². The summed E-state index contributed by atoms with van der Waals surface area (Å²) in [4.78, 5) is 0. The van der Waals surface area contributed by atoms with Gasteiger partial charge in [0.15, 0.2) is 0 Å². The van der Waals surface area contributed by atoms with E-state index in [2.05, 4.69) is 419 Å². The van der Waals surface area contributed by atoms with Crippen molar-refractivity contribution in [3.05, 3.63) is 400 Å². The lowest BCUT2D eigenvalue weighted by Gasteiger charge is -2.16. The highest BCUT2D eigenvalue weighted by Gasteiger charge is 2.29. The van der Waals surface area contributed by atoms with Crippen LogP contribution in [-0.4, -0.2) is 18.3 Å². The first-order valence-corrected chi connectivity index (χ1v) is 45.7. The Morgan fingerprint density at radius 3 is 0.661 bits per heavy atom. The standard InChI is InChI=1S/C60H34N2S2.C56H32N2S2/c1-2-16-39-38(15-1)37(33-34-50(39)62-49-26-12-8-22-45(49)54-41-18-4-6-20-43(41)56-47-24-10-14-28-52(47)64-60(56)58(54)62)35-29-31-36(32-30-35)61-48-25-11-7-21-44(48)53-40-17-3-5-19-42(40)55-46-23-9-13-27-51(46)63-59(55)57(53)61;1-3-15-39-37(13-1)49-41-17-5-9-21-45(41)57(53(49)55-51(39)43-19-7-11-23-47(43)59-55)35-29-25-33(26-30-35)34-27-31-36(32-28-34)58-46-22-10-6-18-42(46)50-38-14-2-4-16-40(38)52-44-20-8-12-24-48(44)60-56(52)54(50)58/h1-34H;1-32H. The van der Waals surface area contributed by atoms with Crippen molar-refractivity contribution in [3.8, 4) is 45.0 Å². The number of hydrogen-bond donors (Lipinski definition) is 0. The quantitative estimate of drug-likeness (QED) is 0.158. The first kappa shape index (κ1) is 68.7. The number of nitrogens with zero attached hydrogens (tertiary/aromatic N) is 4. The fraction of sp³-hybridized carbons (Fsp3) is 0. The van der Waals surface area contributed by atoms with Crippen molar-refractivity contribution >= 4 is 267 Å². The Balaban J connectivity index is 0.000000127. The van der Waals surface area contributed by atoms with E-state index in [1.165, 1.54) is 261 Å². The van der Waals surface area contributed by atoms with Crippen molar-refractivity contribution in [3.63, 3.8) is 0 Å². The zero-order chi connectivity index (χ0) is 80.7. The first-order chi connectivity index (χ1) is 61.6. The molecule has 0 unspecified atom stereocenters. The molecule has 0 N–H and O–H groups in total. The minimum absolute atomic E-state index is 1.16. The predicted octanol–water partition coefficient (Wildman–Crippen LogP) is 34.3. The van der Waals surface area contributed by atoms with Crippen LogP contribution in [0.1, 0.15) is 0 Å². The summed E-state index contributed by atoms with van der Waals surface area (Å²) in [5, 5.41) is 34.1. The van der Waals surface area contributed by atoms with E-state index in [9.17, 15) is 0 Å². The van der Waals surface area contributed by atoms with Crippen LogP contribution in [0.2, 0.25) is 0 Å². The molecule has 4 nitrogen and oxygen atoms in total. The van der Waals surface area contributed by atoms with Crippen LogP contribution < -0.4 is 0 Å². The van der Waals surface area contributed by atoms with Crippen LogP contribution in [-0.2, 0) is 0 Å². The van der Waals surface area contributed by atoms with E-state index in [0.717, 1.165) is 5.69 Å². The van der Waals surface area contributed by atoms with E-state index in [0.29, 0.717) is 0 Å². The minimum Gasteiger partial charge on any atom is -0.308 e. The molecule has 0 fully saturated rings. The summed E-state index contributed by atoms with van der Waals surface area (Å²) in [6.07, 6.45) is 0. The molecule has 8 heterocycles. The van der Waals surface area contributed by atoms with Gasteiger partial charge in [-0.15, -0.1) is 45.3 Å². The van der Waals surface area contributed by atoms with Gasteiger partial charge in [0.2, 0.25) is 0 Å². The van der Waals surface area contributed by atoms with E-state index in [1.54, 1.807) is 0 Å². The Morgan fingerprint density at radius 1 is 0.145 bits per heavy atom. The smallest absolute Gasteiger partial charge is 0.0726 e. The van der Waals surface area contributed by atoms with Crippen molar-refractivity contribution in [1.29, 1.82) is 0 Å². The summed E-state index contributed by atoms with van der Waals surface area (Å²) in [5.74, 6) is 0. The fourth-order valence-electron chi connectivity index (χ4n) is 21.7. The van der Waals surface area contributed by atoms with Crippen LogP contribution in [0.4, 0.5) is 0 Å². The van der Waals surface area contributed by atoms with Gasteiger partial charge in [-0.05, 0) is 162 Å². The van der Waals surface area contributed by atoms with E-state index in [-0.39, 0.29) is 0 Å². The highest BCUT2D eigenvalue weighted by Crippen LogP contribution is 2.55. The van der Waals surface area contributed by atoms with E-state index < -0.39 is 0 Å². The molecular formula is C116H66N4S4. The molecule has 0 bridgehead atoms. The van der Waals surface area contributed by atoms with Gasteiger partial charge in [0, 0.05) is 127 Å². The zero-order valence-corrected chi connectivity index (χ0v) is 69.8. The lowest BCUT2D eigenvalue weighted by molar-refractivity contribution is 1.18. The van der Waals surface area contributed by atoms with Gasteiger partial charge in [0.1, 0.15) is 0 Å². The molecule has 0 aliphatic carbocycles. The molecule has 8 heteroatoms. The van der Waals surface area contributed by atoms with Crippen molar-refractivity contribution in [2.45, 2.75) is 0 Å². The highest BCUT2D eigenvalue weighted by atomic mass is 32.1. The van der Waals surface area contributed by atoms with Gasteiger partial charge in [-0.2, -0.15) is 0 Å². The maximum absolute atomic E-state index is 2.56. The average molecular weight is 1640 g/mol. The number of fused-ring (bicyclic) bond motifs is 41. The number of benzene rings is 21. The summed E-state index contributed by atoms with van der Waals surface area (Å²) in [6.45, 7) is 0. The molecule has 29 rings (SSSR count). The second-order valence-corrected chi connectivity index (χ2v) is 37.2. The molecule has 124 heavy (non-hydrogen) atoms. The van der Waals surface area contributed by atoms with Crippen LogP contribution in [0.3, 0.4) is 0 Å². The fourth-order valence-corrected chi connectivity index (χ4v) is 26.7.